The summed E-state index contributed by atoms with van der Waals surface area (Å²) in [5.41, 5.74) is 0.373. The van der Waals surface area contributed by atoms with Crippen molar-refractivity contribution in [2.45, 2.75) is 39.0 Å². The zero-order valence-corrected chi connectivity index (χ0v) is 13.5. The van der Waals surface area contributed by atoms with Crippen LogP contribution in [0, 0.1) is 0 Å². The van der Waals surface area contributed by atoms with Gasteiger partial charge in [0, 0.05) is 7.05 Å². The van der Waals surface area contributed by atoms with Gasteiger partial charge in [-0.15, -0.1) is 0 Å². The van der Waals surface area contributed by atoms with E-state index in [0.29, 0.717) is 6.61 Å². The average molecular weight is 308 g/mol. The number of carbonyl (C=O) groups is 2. The minimum absolute atomic E-state index is 0.0633. The second kappa shape index (κ2) is 8.38. The summed E-state index contributed by atoms with van der Waals surface area (Å²) in [6.45, 7) is 5.70. The van der Waals surface area contributed by atoms with Crippen LogP contribution >= 0.6 is 0 Å². The number of hydrogen-bond acceptors (Lipinski definition) is 4. The lowest BCUT2D eigenvalue weighted by Crippen LogP contribution is -2.49. The lowest BCUT2D eigenvalue weighted by molar-refractivity contribution is -0.124. The highest BCUT2D eigenvalue weighted by molar-refractivity contribution is 5.85. The number of alkyl carbamates (subject to hydrolysis) is 1. The Morgan fingerprint density at radius 3 is 2.36 bits per heavy atom. The van der Waals surface area contributed by atoms with E-state index in [2.05, 4.69) is 10.6 Å². The molecule has 22 heavy (non-hydrogen) atoms. The Morgan fingerprint density at radius 1 is 1.18 bits per heavy atom. The number of amides is 2. The molecule has 0 heterocycles. The van der Waals surface area contributed by atoms with Crippen LogP contribution in [0.2, 0.25) is 0 Å². The Kier molecular flexibility index (Phi) is 6.85. The summed E-state index contributed by atoms with van der Waals surface area (Å²) in [5.74, 6) is -0.334. The fourth-order valence-corrected chi connectivity index (χ4v) is 1.68. The van der Waals surface area contributed by atoms with Crippen molar-refractivity contribution < 1.29 is 19.1 Å². The van der Waals surface area contributed by atoms with Crippen molar-refractivity contribution in [1.29, 1.82) is 0 Å². The van der Waals surface area contributed by atoms with Crippen LogP contribution in [0.3, 0.4) is 0 Å². The van der Waals surface area contributed by atoms with Crippen LogP contribution < -0.4 is 10.6 Å². The van der Waals surface area contributed by atoms with E-state index in [9.17, 15) is 9.59 Å². The van der Waals surface area contributed by atoms with Crippen molar-refractivity contribution in [2.75, 3.05) is 13.7 Å². The Hall–Kier alpha value is -2.08. The summed E-state index contributed by atoms with van der Waals surface area (Å²) in [4.78, 5) is 23.5. The van der Waals surface area contributed by atoms with Crippen molar-refractivity contribution >= 4 is 12.0 Å². The lowest BCUT2D eigenvalue weighted by atomic mass is 10.2. The van der Waals surface area contributed by atoms with Crippen LogP contribution in [0.1, 0.15) is 26.3 Å². The molecule has 0 radical (unpaired) electrons. The SMILES string of the molecule is CNC(=O)[C@H](COCc1ccccc1)NC(=O)OC(C)(C)C. The summed E-state index contributed by atoms with van der Waals surface area (Å²) >= 11 is 0. The normalized spacial score (nSPS) is 12.4. The molecule has 0 fully saturated rings. The number of carbonyl (C=O) groups excluding carboxylic acids is 2. The van der Waals surface area contributed by atoms with Gasteiger partial charge >= 0.3 is 6.09 Å². The molecule has 2 N–H and O–H groups in total. The van der Waals surface area contributed by atoms with Crippen LogP contribution in [0.25, 0.3) is 0 Å². The maximum absolute atomic E-state index is 11.8. The zero-order valence-electron chi connectivity index (χ0n) is 13.5. The van der Waals surface area contributed by atoms with E-state index in [4.69, 9.17) is 9.47 Å². The highest BCUT2D eigenvalue weighted by atomic mass is 16.6. The number of likely N-dealkylation sites (N-methyl/N-ethyl adjacent to an activating group) is 1. The van der Waals surface area contributed by atoms with Crippen molar-refractivity contribution in [3.8, 4) is 0 Å². The smallest absolute Gasteiger partial charge is 0.408 e. The molecule has 0 aliphatic carbocycles. The van der Waals surface area contributed by atoms with Crippen molar-refractivity contribution in [2.24, 2.45) is 0 Å². The molecule has 1 atom stereocenters. The molecule has 6 nitrogen and oxygen atoms in total. The van der Waals surface area contributed by atoms with Gasteiger partial charge in [0.25, 0.3) is 0 Å². The lowest BCUT2D eigenvalue weighted by Gasteiger charge is -2.23. The van der Waals surface area contributed by atoms with E-state index in [1.165, 1.54) is 7.05 Å². The zero-order chi connectivity index (χ0) is 16.6. The Bertz CT molecular complexity index is 483. The van der Waals surface area contributed by atoms with E-state index in [0.717, 1.165) is 5.56 Å². The molecule has 0 bridgehead atoms. The molecule has 0 saturated carbocycles. The molecule has 1 rings (SSSR count). The molecule has 0 aliphatic rings. The molecule has 122 valence electrons. The molecule has 0 spiro atoms. The number of ether oxygens (including phenoxy) is 2. The Morgan fingerprint density at radius 2 is 1.82 bits per heavy atom. The van der Waals surface area contributed by atoms with Gasteiger partial charge in [0.1, 0.15) is 11.6 Å². The van der Waals surface area contributed by atoms with Gasteiger partial charge in [-0.3, -0.25) is 4.79 Å². The summed E-state index contributed by atoms with van der Waals surface area (Å²) in [7, 11) is 1.50. The van der Waals surface area contributed by atoms with Crippen LogP contribution in [-0.2, 0) is 20.9 Å². The molecule has 2 amide bonds. The Balaban J connectivity index is 2.50. The van der Waals surface area contributed by atoms with E-state index in [1.54, 1.807) is 20.8 Å². The highest BCUT2D eigenvalue weighted by Gasteiger charge is 2.23. The summed E-state index contributed by atoms with van der Waals surface area (Å²) < 4.78 is 10.6. The predicted molar refractivity (Wildman–Crippen MR) is 83.3 cm³/mol. The molecule has 1 aromatic carbocycles. The molecule has 0 aliphatic heterocycles. The van der Waals surface area contributed by atoms with Crippen LogP contribution in [0.4, 0.5) is 4.79 Å². The fraction of sp³-hybridized carbons (Fsp3) is 0.500. The van der Waals surface area contributed by atoms with Crippen molar-refractivity contribution in [1.82, 2.24) is 10.6 Å². The number of benzene rings is 1. The van der Waals surface area contributed by atoms with Gasteiger partial charge in [-0.1, -0.05) is 30.3 Å². The third-order valence-corrected chi connectivity index (χ3v) is 2.65. The van der Waals surface area contributed by atoms with E-state index < -0.39 is 17.7 Å². The van der Waals surface area contributed by atoms with Gasteiger partial charge in [0.15, 0.2) is 0 Å². The topological polar surface area (TPSA) is 76.7 Å². The minimum atomic E-state index is -0.802. The maximum Gasteiger partial charge on any atom is 0.408 e. The largest absolute Gasteiger partial charge is 0.444 e. The van der Waals surface area contributed by atoms with Crippen LogP contribution in [0.15, 0.2) is 30.3 Å². The molecule has 1 aromatic rings. The van der Waals surface area contributed by atoms with Crippen LogP contribution in [0.5, 0.6) is 0 Å². The summed E-state index contributed by atoms with van der Waals surface area (Å²) in [6.07, 6.45) is -0.649. The Labute approximate surface area is 131 Å². The quantitative estimate of drug-likeness (QED) is 0.841. The molecule has 6 heteroatoms. The molecule has 0 unspecified atom stereocenters. The van der Waals surface area contributed by atoms with Gasteiger partial charge in [0.2, 0.25) is 5.91 Å². The first-order valence-corrected chi connectivity index (χ1v) is 7.14. The van der Waals surface area contributed by atoms with E-state index >= 15 is 0 Å². The maximum atomic E-state index is 11.8. The molecular formula is C16H24N2O4. The van der Waals surface area contributed by atoms with Gasteiger partial charge in [0.05, 0.1) is 13.2 Å². The number of nitrogens with one attached hydrogen (secondary N) is 2. The second-order valence-electron chi connectivity index (χ2n) is 5.81. The first kappa shape index (κ1) is 18.0. The second-order valence-corrected chi connectivity index (χ2v) is 5.81. The predicted octanol–water partition coefficient (Wildman–Crippen LogP) is 1.84. The van der Waals surface area contributed by atoms with Crippen LogP contribution in [-0.4, -0.2) is 37.3 Å². The van der Waals surface area contributed by atoms with Crippen molar-refractivity contribution in [3.05, 3.63) is 35.9 Å². The first-order valence-electron chi connectivity index (χ1n) is 7.14. The first-order chi connectivity index (χ1) is 10.3. The van der Waals surface area contributed by atoms with E-state index in [-0.39, 0.29) is 12.5 Å². The third kappa shape index (κ3) is 7.08. The third-order valence-electron chi connectivity index (χ3n) is 2.65. The van der Waals surface area contributed by atoms with Crippen molar-refractivity contribution in [3.63, 3.8) is 0 Å². The minimum Gasteiger partial charge on any atom is -0.444 e. The fourth-order valence-electron chi connectivity index (χ4n) is 1.68. The molecule has 0 saturated heterocycles. The van der Waals surface area contributed by atoms with E-state index in [1.807, 2.05) is 30.3 Å². The summed E-state index contributed by atoms with van der Waals surface area (Å²) in [6, 6.07) is 8.79. The molecular weight excluding hydrogens is 284 g/mol. The van der Waals surface area contributed by atoms with Gasteiger partial charge in [-0.2, -0.15) is 0 Å². The van der Waals surface area contributed by atoms with Gasteiger partial charge in [-0.05, 0) is 26.3 Å². The molecule has 0 aromatic heterocycles. The monoisotopic (exact) mass is 308 g/mol. The van der Waals surface area contributed by atoms with Gasteiger partial charge < -0.3 is 20.1 Å². The highest BCUT2D eigenvalue weighted by Crippen LogP contribution is 2.07. The standard InChI is InChI=1S/C16H24N2O4/c1-16(2,3)22-15(20)18-13(14(19)17-4)11-21-10-12-8-6-5-7-9-12/h5-9,13H,10-11H2,1-4H3,(H,17,19)(H,18,20)/t13-/m0/s1. The number of rotatable bonds is 6. The number of hydrogen-bond donors (Lipinski definition) is 2. The van der Waals surface area contributed by atoms with Gasteiger partial charge in [-0.25, -0.2) is 4.79 Å². The summed E-state index contributed by atoms with van der Waals surface area (Å²) in [5, 5.41) is 5.01. The average Bonchev–Trinajstić information content (AvgIpc) is 2.44.